The number of piperidine rings is 1. The molecule has 0 amide bonds. The van der Waals surface area contributed by atoms with Crippen LogP contribution in [0, 0.1) is 0 Å². The van der Waals surface area contributed by atoms with E-state index in [0.29, 0.717) is 12.3 Å². The first-order valence-corrected chi connectivity index (χ1v) is 7.27. The van der Waals surface area contributed by atoms with Crippen molar-refractivity contribution in [2.45, 2.75) is 32.2 Å². The summed E-state index contributed by atoms with van der Waals surface area (Å²) in [6, 6.07) is 1.56. The molecule has 1 aliphatic rings. The lowest BCUT2D eigenvalue weighted by atomic mass is 10.0. The summed E-state index contributed by atoms with van der Waals surface area (Å²) in [6.07, 6.45) is 4.50. The van der Waals surface area contributed by atoms with Crippen molar-refractivity contribution in [2.24, 2.45) is 0 Å². The smallest absolute Gasteiger partial charge is 0.328 e. The number of carbonyl (C=O) groups excluding carboxylic acids is 1. The van der Waals surface area contributed by atoms with E-state index in [9.17, 15) is 4.79 Å². The molecule has 0 radical (unpaired) electrons. The maximum atomic E-state index is 12.0. The summed E-state index contributed by atoms with van der Waals surface area (Å²) in [6.45, 7) is 3.03. The Morgan fingerprint density at radius 1 is 1.63 bits per heavy atom. The van der Waals surface area contributed by atoms with Crippen molar-refractivity contribution in [3.05, 3.63) is 16.7 Å². The Morgan fingerprint density at radius 3 is 3.11 bits per heavy atom. The Bertz CT molecular complexity index is 467. The Labute approximate surface area is 121 Å². The molecule has 0 aliphatic carbocycles. The average Bonchev–Trinajstić information content (AvgIpc) is 2.39. The van der Waals surface area contributed by atoms with Crippen molar-refractivity contribution >= 4 is 33.4 Å². The van der Waals surface area contributed by atoms with Gasteiger partial charge in [0, 0.05) is 6.54 Å². The number of ether oxygens (including phenoxy) is 1. The van der Waals surface area contributed by atoms with Crippen LogP contribution in [-0.2, 0) is 9.53 Å². The maximum absolute atomic E-state index is 12.0. The van der Waals surface area contributed by atoms with Crippen LogP contribution in [-0.4, -0.2) is 30.1 Å². The standard InChI is InChI=1S/C13H18BrN3O2/c1-2-19-13(18)11-5-3-4-6-17(11)12-10(14)7-9(15)8-16-12/h7-8,11H,2-6,15H2,1H3. The van der Waals surface area contributed by atoms with Crippen molar-refractivity contribution in [2.75, 3.05) is 23.8 Å². The molecule has 1 atom stereocenters. The highest BCUT2D eigenvalue weighted by Gasteiger charge is 2.31. The van der Waals surface area contributed by atoms with E-state index in [2.05, 4.69) is 20.9 Å². The first-order valence-electron chi connectivity index (χ1n) is 6.47. The molecule has 104 valence electrons. The maximum Gasteiger partial charge on any atom is 0.328 e. The van der Waals surface area contributed by atoms with E-state index in [-0.39, 0.29) is 12.0 Å². The molecule has 1 aromatic heterocycles. The molecule has 2 N–H and O–H groups in total. The number of nitrogens with zero attached hydrogens (tertiary/aromatic N) is 2. The van der Waals surface area contributed by atoms with Crippen LogP contribution in [0.2, 0.25) is 0 Å². The van der Waals surface area contributed by atoms with Crippen LogP contribution < -0.4 is 10.6 Å². The topological polar surface area (TPSA) is 68.5 Å². The molecule has 2 rings (SSSR count). The van der Waals surface area contributed by atoms with Gasteiger partial charge in [-0.3, -0.25) is 0 Å². The van der Waals surface area contributed by atoms with Crippen molar-refractivity contribution in [1.29, 1.82) is 0 Å². The molecule has 5 nitrogen and oxygen atoms in total. The van der Waals surface area contributed by atoms with E-state index in [4.69, 9.17) is 10.5 Å². The number of pyridine rings is 1. The third-order valence-electron chi connectivity index (χ3n) is 3.18. The number of anilines is 2. The summed E-state index contributed by atoms with van der Waals surface area (Å²) < 4.78 is 5.96. The Hall–Kier alpha value is -1.30. The van der Waals surface area contributed by atoms with Gasteiger partial charge >= 0.3 is 5.97 Å². The molecule has 1 unspecified atom stereocenters. The largest absolute Gasteiger partial charge is 0.464 e. The van der Waals surface area contributed by atoms with E-state index in [0.717, 1.165) is 36.1 Å². The lowest BCUT2D eigenvalue weighted by molar-refractivity contribution is -0.145. The molecule has 1 saturated heterocycles. The number of rotatable bonds is 3. The zero-order valence-electron chi connectivity index (χ0n) is 10.9. The monoisotopic (exact) mass is 327 g/mol. The summed E-state index contributed by atoms with van der Waals surface area (Å²) in [7, 11) is 0. The third kappa shape index (κ3) is 3.18. The van der Waals surface area contributed by atoms with Crippen LogP contribution in [0.3, 0.4) is 0 Å². The van der Waals surface area contributed by atoms with E-state index in [1.807, 2.05) is 11.8 Å². The zero-order valence-corrected chi connectivity index (χ0v) is 12.5. The molecule has 2 heterocycles. The second kappa shape index (κ2) is 6.23. The first kappa shape index (κ1) is 14.1. The zero-order chi connectivity index (χ0) is 13.8. The number of nitrogens with two attached hydrogens (primary N) is 1. The van der Waals surface area contributed by atoms with Gasteiger partial charge in [0.1, 0.15) is 11.9 Å². The van der Waals surface area contributed by atoms with Gasteiger partial charge in [0.25, 0.3) is 0 Å². The predicted octanol–water partition coefficient (Wildman–Crippen LogP) is 2.35. The third-order valence-corrected chi connectivity index (χ3v) is 3.76. The van der Waals surface area contributed by atoms with Gasteiger partial charge in [-0.1, -0.05) is 0 Å². The second-order valence-electron chi connectivity index (χ2n) is 4.53. The predicted molar refractivity (Wildman–Crippen MR) is 78.0 cm³/mol. The highest BCUT2D eigenvalue weighted by Crippen LogP contribution is 2.31. The van der Waals surface area contributed by atoms with Gasteiger partial charge in [0.05, 0.1) is 23.0 Å². The number of aromatic nitrogens is 1. The minimum Gasteiger partial charge on any atom is -0.464 e. The van der Waals surface area contributed by atoms with Crippen LogP contribution in [0.4, 0.5) is 11.5 Å². The van der Waals surface area contributed by atoms with E-state index >= 15 is 0 Å². The Morgan fingerprint density at radius 2 is 2.42 bits per heavy atom. The molecule has 0 spiro atoms. The lowest BCUT2D eigenvalue weighted by Crippen LogP contribution is -2.46. The van der Waals surface area contributed by atoms with E-state index < -0.39 is 0 Å². The minimum absolute atomic E-state index is 0.173. The second-order valence-corrected chi connectivity index (χ2v) is 5.39. The van der Waals surface area contributed by atoms with Gasteiger partial charge in [-0.05, 0) is 48.2 Å². The van der Waals surface area contributed by atoms with Gasteiger partial charge in [-0.2, -0.15) is 0 Å². The number of esters is 1. The summed E-state index contributed by atoms with van der Waals surface area (Å²) in [5.74, 6) is 0.583. The Kier molecular flexibility index (Phi) is 4.63. The van der Waals surface area contributed by atoms with Gasteiger partial charge in [0.2, 0.25) is 0 Å². The van der Waals surface area contributed by atoms with Crippen molar-refractivity contribution < 1.29 is 9.53 Å². The number of halogens is 1. The molecule has 1 fully saturated rings. The number of hydrogen-bond donors (Lipinski definition) is 1. The van der Waals surface area contributed by atoms with Crippen LogP contribution in [0.15, 0.2) is 16.7 Å². The molecule has 0 bridgehead atoms. The van der Waals surface area contributed by atoms with Crippen LogP contribution in [0.1, 0.15) is 26.2 Å². The molecule has 6 heteroatoms. The van der Waals surface area contributed by atoms with Crippen LogP contribution in [0.5, 0.6) is 0 Å². The number of nitrogen functional groups attached to an aromatic ring is 1. The lowest BCUT2D eigenvalue weighted by Gasteiger charge is -2.35. The fourth-order valence-corrected chi connectivity index (χ4v) is 2.92. The molecule has 1 aliphatic heterocycles. The average molecular weight is 328 g/mol. The number of hydrogen-bond acceptors (Lipinski definition) is 5. The summed E-state index contributed by atoms with van der Waals surface area (Å²) in [4.78, 5) is 18.4. The van der Waals surface area contributed by atoms with Gasteiger partial charge in [0.15, 0.2) is 0 Å². The summed E-state index contributed by atoms with van der Waals surface area (Å²) >= 11 is 3.46. The SMILES string of the molecule is CCOC(=O)C1CCCCN1c1ncc(N)cc1Br. The van der Waals surface area contributed by atoms with Crippen LogP contribution in [0.25, 0.3) is 0 Å². The fourth-order valence-electron chi connectivity index (χ4n) is 2.33. The molecular weight excluding hydrogens is 310 g/mol. The number of carbonyl (C=O) groups is 1. The van der Waals surface area contributed by atoms with E-state index in [1.165, 1.54) is 0 Å². The van der Waals surface area contributed by atoms with Crippen molar-refractivity contribution in [1.82, 2.24) is 4.98 Å². The van der Waals surface area contributed by atoms with Crippen molar-refractivity contribution in [3.63, 3.8) is 0 Å². The van der Waals surface area contributed by atoms with Gasteiger partial charge < -0.3 is 15.4 Å². The highest BCUT2D eigenvalue weighted by molar-refractivity contribution is 9.10. The quantitative estimate of drug-likeness (QED) is 0.863. The fraction of sp³-hybridized carbons (Fsp3) is 0.538. The normalized spacial score (nSPS) is 19.3. The molecular formula is C13H18BrN3O2. The first-order chi connectivity index (χ1) is 9.13. The van der Waals surface area contributed by atoms with Crippen molar-refractivity contribution in [3.8, 4) is 0 Å². The summed E-state index contributed by atoms with van der Waals surface area (Å²) in [5, 5.41) is 0. The van der Waals surface area contributed by atoms with E-state index in [1.54, 1.807) is 12.3 Å². The molecule has 0 aromatic carbocycles. The van der Waals surface area contributed by atoms with Gasteiger partial charge in [-0.15, -0.1) is 0 Å². The molecule has 0 saturated carbocycles. The summed E-state index contributed by atoms with van der Waals surface area (Å²) in [5.41, 5.74) is 6.29. The minimum atomic E-state index is -0.249. The van der Waals surface area contributed by atoms with Crippen LogP contribution >= 0.6 is 15.9 Å². The Balaban J connectivity index is 2.26. The molecule has 1 aromatic rings. The van der Waals surface area contributed by atoms with Gasteiger partial charge in [-0.25, -0.2) is 9.78 Å². The molecule has 19 heavy (non-hydrogen) atoms. The highest BCUT2D eigenvalue weighted by atomic mass is 79.9.